The Morgan fingerprint density at radius 3 is 2.12 bits per heavy atom. The number of para-hydroxylation sites is 1. The number of imide groups is 1. The zero-order valence-corrected chi connectivity index (χ0v) is 19.4. The lowest BCUT2D eigenvalue weighted by molar-refractivity contribution is -0.122. The van der Waals surface area contributed by atoms with Gasteiger partial charge >= 0.3 is 5.97 Å². The van der Waals surface area contributed by atoms with Gasteiger partial charge in [-0.15, -0.1) is 0 Å². The van der Waals surface area contributed by atoms with Crippen LogP contribution in [0.3, 0.4) is 0 Å². The first-order chi connectivity index (χ1) is 16.0. The van der Waals surface area contributed by atoms with E-state index in [1.807, 2.05) is 36.4 Å². The van der Waals surface area contributed by atoms with Gasteiger partial charge in [0, 0.05) is 5.92 Å². The van der Waals surface area contributed by atoms with Gasteiger partial charge in [0.25, 0.3) is 0 Å². The molecule has 1 aliphatic heterocycles. The summed E-state index contributed by atoms with van der Waals surface area (Å²) in [5.41, 5.74) is 4.68. The molecule has 33 heavy (non-hydrogen) atoms. The first-order valence-electron chi connectivity index (χ1n) is 11.0. The van der Waals surface area contributed by atoms with E-state index in [2.05, 4.69) is 28.1 Å². The van der Waals surface area contributed by atoms with Gasteiger partial charge < -0.3 is 4.74 Å². The van der Waals surface area contributed by atoms with E-state index in [4.69, 9.17) is 4.74 Å². The molecule has 0 spiro atoms. The van der Waals surface area contributed by atoms with Crippen LogP contribution in [0.4, 0.5) is 5.69 Å². The van der Waals surface area contributed by atoms with Gasteiger partial charge in [0.05, 0.1) is 34.0 Å². The number of hydrogen-bond acceptors (Lipinski definition) is 4. The van der Waals surface area contributed by atoms with Crippen molar-refractivity contribution in [2.75, 3.05) is 11.5 Å². The number of esters is 1. The van der Waals surface area contributed by atoms with Gasteiger partial charge in [-0.25, -0.2) is 9.69 Å². The number of carbonyl (C=O) groups is 3. The smallest absolute Gasteiger partial charge is 0.340 e. The van der Waals surface area contributed by atoms with E-state index < -0.39 is 22.1 Å². The highest BCUT2D eigenvalue weighted by molar-refractivity contribution is 9.09. The molecule has 2 amide bonds. The molecule has 7 rings (SSSR count). The Morgan fingerprint density at radius 2 is 1.48 bits per heavy atom. The fourth-order valence-electron chi connectivity index (χ4n) is 5.97. The summed E-state index contributed by atoms with van der Waals surface area (Å²) in [5.74, 6) is -2.52. The maximum Gasteiger partial charge on any atom is 0.340 e. The van der Waals surface area contributed by atoms with Crippen LogP contribution in [0.25, 0.3) is 0 Å². The van der Waals surface area contributed by atoms with Crippen molar-refractivity contribution in [1.29, 1.82) is 0 Å². The molecule has 164 valence electrons. The molecule has 1 fully saturated rings. The minimum Gasteiger partial charge on any atom is -0.462 e. The molecule has 0 unspecified atom stereocenters. The number of carbonyl (C=O) groups excluding carboxylic acids is 3. The third-order valence-corrected chi connectivity index (χ3v) is 8.50. The molecule has 0 radical (unpaired) electrons. The summed E-state index contributed by atoms with van der Waals surface area (Å²) < 4.78 is 4.38. The number of alkyl halides is 1. The van der Waals surface area contributed by atoms with Gasteiger partial charge in [-0.2, -0.15) is 0 Å². The monoisotopic (exact) mass is 501 g/mol. The fraction of sp³-hybridized carbons (Fsp3) is 0.222. The predicted molar refractivity (Wildman–Crippen MR) is 126 cm³/mol. The van der Waals surface area contributed by atoms with Crippen molar-refractivity contribution in [3.63, 3.8) is 0 Å². The first kappa shape index (κ1) is 20.4. The van der Waals surface area contributed by atoms with Crippen molar-refractivity contribution >= 4 is 39.4 Å². The van der Waals surface area contributed by atoms with Crippen LogP contribution >= 0.6 is 15.9 Å². The van der Waals surface area contributed by atoms with Crippen LogP contribution in [0.5, 0.6) is 0 Å². The Hall–Kier alpha value is -3.25. The van der Waals surface area contributed by atoms with Crippen LogP contribution in [0.2, 0.25) is 0 Å². The molecule has 2 bridgehead atoms. The zero-order valence-electron chi connectivity index (χ0n) is 17.8. The number of nitrogens with zero attached hydrogens (tertiary/aromatic N) is 1. The molecule has 3 aromatic rings. The van der Waals surface area contributed by atoms with Gasteiger partial charge in [-0.1, -0.05) is 76.6 Å². The van der Waals surface area contributed by atoms with E-state index in [1.165, 1.54) is 4.90 Å². The highest BCUT2D eigenvalue weighted by atomic mass is 79.9. The van der Waals surface area contributed by atoms with E-state index >= 15 is 0 Å². The maximum absolute atomic E-state index is 14.0. The van der Waals surface area contributed by atoms with E-state index in [1.54, 1.807) is 31.2 Å². The van der Waals surface area contributed by atoms with Crippen LogP contribution in [0, 0.1) is 11.8 Å². The number of halogens is 1. The second kappa shape index (κ2) is 7.12. The third-order valence-electron chi connectivity index (χ3n) is 7.15. The summed E-state index contributed by atoms with van der Waals surface area (Å²) in [6.45, 7) is 1.93. The number of ether oxygens (including phenoxy) is 1. The van der Waals surface area contributed by atoms with Crippen LogP contribution in [0.15, 0.2) is 72.8 Å². The summed E-state index contributed by atoms with van der Waals surface area (Å²) >= 11 is 3.99. The lowest BCUT2D eigenvalue weighted by Gasteiger charge is -2.51. The Bertz CT molecular complexity index is 1300. The van der Waals surface area contributed by atoms with E-state index in [0.29, 0.717) is 0 Å². The van der Waals surface area contributed by atoms with Crippen LogP contribution in [-0.4, -0.2) is 24.4 Å². The van der Waals surface area contributed by atoms with Gasteiger partial charge in [0.1, 0.15) is 0 Å². The summed E-state index contributed by atoms with van der Waals surface area (Å²) in [5, 5.41) is 0. The highest BCUT2D eigenvalue weighted by Crippen LogP contribution is 2.66. The molecule has 0 N–H and O–H groups in total. The topological polar surface area (TPSA) is 63.7 Å². The molecule has 2 atom stereocenters. The van der Waals surface area contributed by atoms with E-state index in [0.717, 1.165) is 22.3 Å². The average Bonchev–Trinajstić information content (AvgIpc) is 3.11. The van der Waals surface area contributed by atoms with Crippen molar-refractivity contribution in [1.82, 2.24) is 0 Å². The summed E-state index contributed by atoms with van der Waals surface area (Å²) in [7, 11) is 0. The summed E-state index contributed by atoms with van der Waals surface area (Å²) in [4.78, 5) is 41.8. The maximum atomic E-state index is 14.0. The molecule has 0 saturated carbocycles. The van der Waals surface area contributed by atoms with Crippen LogP contribution in [0.1, 0.15) is 45.5 Å². The molecule has 0 aromatic heterocycles. The SMILES string of the molecule is CCOC(=O)c1ccccc1N1C(=O)[C@@H]2C3c4ccccc4C(Br)(c4ccccc43)[C@H]2C1=O. The molecule has 1 saturated heterocycles. The molecule has 5 nitrogen and oxygen atoms in total. The Labute approximate surface area is 199 Å². The van der Waals surface area contributed by atoms with Crippen molar-refractivity contribution in [2.24, 2.45) is 11.8 Å². The molecule has 6 heteroatoms. The lowest BCUT2D eigenvalue weighted by atomic mass is 9.55. The highest BCUT2D eigenvalue weighted by Gasteiger charge is 2.67. The molecule has 1 heterocycles. The third kappa shape index (κ3) is 2.50. The Morgan fingerprint density at radius 1 is 0.909 bits per heavy atom. The molecular formula is C27H20BrNO4. The van der Waals surface area contributed by atoms with Crippen molar-refractivity contribution in [3.05, 3.63) is 101 Å². The second-order valence-corrected chi connectivity index (χ2v) is 9.87. The average molecular weight is 502 g/mol. The number of hydrogen-bond donors (Lipinski definition) is 0. The quantitative estimate of drug-likeness (QED) is 0.294. The minimum absolute atomic E-state index is 0.206. The van der Waals surface area contributed by atoms with Crippen molar-refractivity contribution in [2.45, 2.75) is 17.2 Å². The van der Waals surface area contributed by atoms with Gasteiger partial charge in [-0.05, 0) is 41.3 Å². The fourth-order valence-corrected chi connectivity index (χ4v) is 7.17. The number of benzene rings is 3. The van der Waals surface area contributed by atoms with Gasteiger partial charge in [-0.3, -0.25) is 9.59 Å². The molecule has 4 aliphatic rings. The first-order valence-corrected chi connectivity index (χ1v) is 11.8. The second-order valence-electron chi connectivity index (χ2n) is 8.62. The Kier molecular flexibility index (Phi) is 4.40. The lowest BCUT2D eigenvalue weighted by Crippen LogP contribution is -2.50. The normalized spacial score (nSPS) is 26.6. The summed E-state index contributed by atoms with van der Waals surface area (Å²) in [6, 6.07) is 22.7. The molecule has 3 aromatic carbocycles. The number of rotatable bonds is 3. The molecule has 3 aliphatic carbocycles. The van der Waals surface area contributed by atoms with E-state index in [9.17, 15) is 14.4 Å². The summed E-state index contributed by atoms with van der Waals surface area (Å²) in [6.07, 6.45) is 0. The van der Waals surface area contributed by atoms with Crippen LogP contribution in [-0.2, 0) is 18.7 Å². The van der Waals surface area contributed by atoms with E-state index in [-0.39, 0.29) is 35.6 Å². The van der Waals surface area contributed by atoms with Gasteiger partial charge in [0.15, 0.2) is 0 Å². The van der Waals surface area contributed by atoms with Crippen molar-refractivity contribution < 1.29 is 19.1 Å². The van der Waals surface area contributed by atoms with Crippen molar-refractivity contribution in [3.8, 4) is 0 Å². The number of anilines is 1. The van der Waals surface area contributed by atoms with Crippen LogP contribution < -0.4 is 4.90 Å². The number of amides is 2. The largest absolute Gasteiger partial charge is 0.462 e. The molecular weight excluding hydrogens is 482 g/mol. The minimum atomic E-state index is -0.819. The Balaban J connectivity index is 1.56. The standard InChI is InChI=1S/C27H20BrNO4/c1-2-33-26(32)17-11-5-8-14-20(17)29-24(30)22-21-15-9-3-6-12-18(15)27(28,23(22)25(29)31)19-13-7-4-10-16(19)21/h3-14,21-23H,2H2,1H3/t21?,22-,23-,27?/m1/s1. The predicted octanol–water partition coefficient (Wildman–Crippen LogP) is 4.77. The van der Waals surface area contributed by atoms with Gasteiger partial charge in [0.2, 0.25) is 11.8 Å². The zero-order chi connectivity index (χ0) is 22.9.